The van der Waals surface area contributed by atoms with Gasteiger partial charge >= 0.3 is 23.9 Å². The molecule has 0 aliphatic carbocycles. The lowest BCUT2D eigenvalue weighted by molar-refractivity contribution is -0.137. The topological polar surface area (TPSA) is 285 Å². The fourth-order valence-electron chi connectivity index (χ4n) is 10.7. The normalized spacial score (nSPS) is 20.5. The molecule has 0 spiro atoms. The fraction of sp³-hybridized carbons (Fsp3) is 0.156. The maximum Gasteiger partial charge on any atom is 0.303 e. The van der Waals surface area contributed by atoms with Crippen LogP contribution in [0.5, 0.6) is 0 Å². The second-order valence-electron chi connectivity index (χ2n) is 20.2. The van der Waals surface area contributed by atoms with Gasteiger partial charge in [0, 0.05) is 98.3 Å². The summed E-state index contributed by atoms with van der Waals surface area (Å²) in [4.78, 5) is 90.0. The van der Waals surface area contributed by atoms with Gasteiger partial charge in [0.1, 0.15) is 11.6 Å². The highest BCUT2D eigenvalue weighted by atomic mass is 16.4. The van der Waals surface area contributed by atoms with Crippen LogP contribution in [0.2, 0.25) is 0 Å². The van der Waals surface area contributed by atoms with Crippen molar-refractivity contribution in [3.05, 3.63) is 213 Å². The van der Waals surface area contributed by atoms with Gasteiger partial charge < -0.3 is 50.8 Å². The summed E-state index contributed by atoms with van der Waals surface area (Å²) in [5.41, 5.74) is 13.2. The minimum Gasteiger partial charge on any atom is -0.481 e. The predicted molar refractivity (Wildman–Crippen MR) is 320 cm³/mol. The average Bonchev–Trinajstić information content (AvgIpc) is 4.43. The summed E-state index contributed by atoms with van der Waals surface area (Å²) in [5, 5.41) is 46.4. The first kappa shape index (κ1) is 53.3. The van der Waals surface area contributed by atoms with Gasteiger partial charge in [-0.2, -0.15) is 0 Å². The molecule has 0 saturated carbocycles. The van der Waals surface area contributed by atoms with Crippen LogP contribution in [0.25, 0.3) is 22.3 Å². The van der Waals surface area contributed by atoms with Crippen LogP contribution in [0.3, 0.4) is 0 Å². The molecular formula is C64H50N12O8. The van der Waals surface area contributed by atoms with Gasteiger partial charge in [0.2, 0.25) is 0 Å². The van der Waals surface area contributed by atoms with Crippen molar-refractivity contribution in [2.45, 2.75) is 51.4 Å². The number of hydrogen-bond donors (Lipinski definition) is 8. The summed E-state index contributed by atoms with van der Waals surface area (Å²) in [5.74, 6) is 10.1. The standard InChI is InChI=1S/C64H50N12O8/c1-75-33-31-65-63(75)61-53-23-19-49(71-53)37(7-27-57(77)78)45-15-11-41(67-45)35(42-12-16-46(68-42)38(8-28-58(79)80)50-20-24-54(61)72-50)5-3-4-6-36-43-13-17-47(69-43)39(9-29-59(81)82)51-21-25-55(73-51)62(64-66-32-34-76(64)2)56-26-22-52(74-56)40(10-30-60(83)84)48-18-14-44(36)70-48/h11-26,31-34,65-66,71,73H,7-10,27-30H2,1-2H3,(H,77,78)(H,79,80)(H,81,82)(H,83,84)/b42-35?,44-36?,45-37?,47-39?,50-38?,52-40?,63-61+,64-62?. The number of carboxylic acid groups (broad SMARTS) is 4. The van der Waals surface area contributed by atoms with Crippen molar-refractivity contribution in [2.24, 2.45) is 30.0 Å². The number of aliphatic carboxylic acids is 4. The molecule has 16 bridgehead atoms. The zero-order chi connectivity index (χ0) is 58.2. The molecule has 8 N–H and O–H groups in total. The van der Waals surface area contributed by atoms with Crippen LogP contribution < -0.4 is 10.6 Å². The highest BCUT2D eigenvalue weighted by molar-refractivity contribution is 6.32. The average molecular weight is 1120 g/mol. The number of fused-ring (bicyclic) bond motifs is 10. The van der Waals surface area contributed by atoms with E-state index in [1.165, 1.54) is 0 Å². The van der Waals surface area contributed by atoms with E-state index >= 15 is 0 Å². The lowest BCUT2D eigenvalue weighted by Gasteiger charge is -2.17. The van der Waals surface area contributed by atoms with Gasteiger partial charge in [0.25, 0.3) is 0 Å². The number of rotatable bonds is 12. The number of aliphatic imine (C=N–C) groups is 6. The van der Waals surface area contributed by atoms with Gasteiger partial charge in [-0.05, 0) is 147 Å². The van der Waals surface area contributed by atoms with Crippen molar-refractivity contribution in [1.29, 1.82) is 0 Å². The second kappa shape index (κ2) is 22.3. The smallest absolute Gasteiger partial charge is 0.303 e. The molecule has 20 nitrogen and oxygen atoms in total. The minimum absolute atomic E-state index is 0.113. The van der Waals surface area contributed by atoms with E-state index in [0.717, 1.165) is 22.8 Å². The first-order valence-electron chi connectivity index (χ1n) is 26.9. The van der Waals surface area contributed by atoms with Gasteiger partial charge in [-0.25, -0.2) is 30.0 Å². The molecule has 0 unspecified atom stereocenters. The molecule has 20 heteroatoms. The summed E-state index contributed by atoms with van der Waals surface area (Å²) in [6.45, 7) is 0. The second-order valence-corrected chi connectivity index (χ2v) is 20.2. The van der Waals surface area contributed by atoms with Crippen LogP contribution in [0.4, 0.5) is 0 Å². The van der Waals surface area contributed by atoms with Crippen LogP contribution in [-0.4, -0.2) is 112 Å². The van der Waals surface area contributed by atoms with E-state index in [-0.39, 0.29) is 51.4 Å². The third kappa shape index (κ3) is 10.6. The fourth-order valence-corrected chi connectivity index (χ4v) is 10.7. The van der Waals surface area contributed by atoms with Crippen LogP contribution in [0.15, 0.2) is 220 Å². The van der Waals surface area contributed by atoms with E-state index in [1.807, 2.05) is 97.3 Å². The maximum atomic E-state index is 12.1. The molecule has 0 aromatic carbocycles. The molecule has 0 radical (unpaired) electrons. The van der Waals surface area contributed by atoms with Crippen molar-refractivity contribution in [3.8, 4) is 23.7 Å². The number of aromatic nitrogens is 2. The molecule has 84 heavy (non-hydrogen) atoms. The molecule has 12 rings (SSSR count). The van der Waals surface area contributed by atoms with Crippen molar-refractivity contribution in [2.75, 3.05) is 14.1 Å². The summed E-state index contributed by atoms with van der Waals surface area (Å²) in [7, 11) is 3.80. The molecule has 0 atom stereocenters. The van der Waals surface area contributed by atoms with Gasteiger partial charge in [0.15, 0.2) is 0 Å². The van der Waals surface area contributed by atoms with E-state index in [2.05, 4.69) is 44.3 Å². The number of nitrogens with one attached hydrogen (secondary N) is 4. The number of H-pyrrole nitrogens is 2. The van der Waals surface area contributed by atoms with Gasteiger partial charge in [-0.15, -0.1) is 0 Å². The number of allylic oxidation sites excluding steroid dienone is 20. The Labute approximate surface area is 480 Å². The number of carboxylic acids is 4. The molecule has 12 heterocycles. The predicted octanol–water partition coefficient (Wildman–Crippen LogP) is 8.39. The summed E-state index contributed by atoms with van der Waals surface area (Å²) >= 11 is 0. The van der Waals surface area contributed by atoms with Gasteiger partial charge in [-0.3, -0.25) is 19.2 Å². The Morgan fingerprint density at radius 1 is 0.405 bits per heavy atom. The van der Waals surface area contributed by atoms with E-state index in [1.54, 1.807) is 48.6 Å². The SMILES string of the molecule is CN1C=CNC1=C1C2=NC(=C(CCC(=O)O)C3=NC(=C(C#CC#CC4=C5C=CC(=N5)C(CCC(=O)O)=C5C=CC(=N5)/C(=C5\NC=CN5C)c5ccc([nH]5)C(CCC(=O)O)=C5C=CC4=N5)C4=NC(=C(CCC(=O)O)c5ccc1[nH]5)C=C4)C=C3)C=C2. The third-order valence-electron chi connectivity index (χ3n) is 14.8. The molecule has 0 fully saturated rings. The van der Waals surface area contributed by atoms with E-state index in [0.29, 0.717) is 125 Å². The highest BCUT2D eigenvalue weighted by Crippen LogP contribution is 2.38. The van der Waals surface area contributed by atoms with Crippen molar-refractivity contribution < 1.29 is 39.6 Å². The monoisotopic (exact) mass is 1110 g/mol. The minimum atomic E-state index is -0.990. The highest BCUT2D eigenvalue weighted by Gasteiger charge is 2.30. The zero-order valence-electron chi connectivity index (χ0n) is 45.2. The first-order chi connectivity index (χ1) is 40.7. The lowest BCUT2D eigenvalue weighted by Crippen LogP contribution is -2.19. The quantitative estimate of drug-likeness (QED) is 0.0931. The Kier molecular flexibility index (Phi) is 14.1. The third-order valence-corrected chi connectivity index (χ3v) is 14.8. The van der Waals surface area contributed by atoms with Crippen LogP contribution in [-0.2, 0) is 19.2 Å². The molecule has 2 aromatic heterocycles. The molecule has 10 aliphatic rings. The first-order valence-corrected chi connectivity index (χ1v) is 26.9. The van der Waals surface area contributed by atoms with Crippen molar-refractivity contribution in [3.63, 3.8) is 0 Å². The molecular weight excluding hydrogens is 1060 g/mol. The largest absolute Gasteiger partial charge is 0.481 e. The van der Waals surface area contributed by atoms with Crippen LogP contribution in [0, 0.1) is 23.7 Å². The molecule has 414 valence electrons. The molecule has 10 aliphatic heterocycles. The van der Waals surface area contributed by atoms with Crippen molar-refractivity contribution >= 4 is 80.4 Å². The number of aromatic amines is 2. The Balaban J connectivity index is 1.02. The molecule has 0 amide bonds. The van der Waals surface area contributed by atoms with E-state index in [9.17, 15) is 39.6 Å². The van der Waals surface area contributed by atoms with Crippen LogP contribution >= 0.6 is 0 Å². The van der Waals surface area contributed by atoms with Crippen LogP contribution in [0.1, 0.15) is 74.1 Å². The Morgan fingerprint density at radius 2 is 0.714 bits per heavy atom. The van der Waals surface area contributed by atoms with Crippen molar-refractivity contribution in [1.82, 2.24) is 30.4 Å². The number of carbonyl (C=O) groups is 4. The Bertz CT molecular complexity index is 4010. The summed E-state index contributed by atoms with van der Waals surface area (Å²) < 4.78 is 0. The Hall–Kier alpha value is -11.4. The Morgan fingerprint density at radius 3 is 1.08 bits per heavy atom. The molecule has 0 saturated heterocycles. The summed E-state index contributed by atoms with van der Waals surface area (Å²) in [6, 6.07) is 7.58. The molecule has 2 aromatic rings. The number of hydrogen-bond acceptors (Lipinski definition) is 14. The lowest BCUT2D eigenvalue weighted by atomic mass is 10.0. The van der Waals surface area contributed by atoms with E-state index in [4.69, 9.17) is 30.0 Å². The van der Waals surface area contributed by atoms with Gasteiger partial charge in [0.05, 0.1) is 102 Å². The number of nitrogens with zero attached hydrogens (tertiary/aromatic N) is 8. The summed E-state index contributed by atoms with van der Waals surface area (Å²) in [6.07, 6.45) is 28.9. The van der Waals surface area contributed by atoms with Gasteiger partial charge in [-0.1, -0.05) is 0 Å². The maximum absolute atomic E-state index is 12.1. The van der Waals surface area contributed by atoms with E-state index < -0.39 is 23.9 Å². The zero-order valence-corrected chi connectivity index (χ0v) is 45.2.